The van der Waals surface area contributed by atoms with E-state index in [1.165, 1.54) is 22.4 Å². The van der Waals surface area contributed by atoms with Crippen LogP contribution in [0, 0.1) is 0 Å². The van der Waals surface area contributed by atoms with Crippen LogP contribution in [0.15, 0.2) is 42.5 Å². The molecule has 0 unspecified atom stereocenters. The van der Waals surface area contributed by atoms with Gasteiger partial charge in [0.2, 0.25) is 5.91 Å². The van der Waals surface area contributed by atoms with Gasteiger partial charge in [-0.25, -0.2) is 0 Å². The van der Waals surface area contributed by atoms with E-state index in [2.05, 4.69) is 11.4 Å². The van der Waals surface area contributed by atoms with Crippen molar-refractivity contribution in [3.05, 3.63) is 53.6 Å². The van der Waals surface area contributed by atoms with Crippen LogP contribution in [-0.2, 0) is 22.4 Å². The molecule has 2 aliphatic rings. The van der Waals surface area contributed by atoms with E-state index in [0.29, 0.717) is 11.4 Å². The molecule has 134 valence electrons. The molecule has 0 fully saturated rings. The standard InChI is InChI=1S/C21H22N2O3/c1-14(26-19-12-6-8-15-7-2-3-9-16(15)19)21(25)23-13-20(24)22-17-10-4-5-11-18(17)23/h4-6,8,10-12,14H,2-3,7,9,13H2,1H3,(H,22,24)/t14-/m0/s1. The Labute approximate surface area is 153 Å². The van der Waals surface area contributed by atoms with Gasteiger partial charge in [-0.2, -0.15) is 0 Å². The number of hydrogen-bond donors (Lipinski definition) is 1. The fraction of sp³-hybridized carbons (Fsp3) is 0.333. The number of hydrogen-bond acceptors (Lipinski definition) is 3. The monoisotopic (exact) mass is 350 g/mol. The second-order valence-corrected chi connectivity index (χ2v) is 6.85. The summed E-state index contributed by atoms with van der Waals surface area (Å²) in [4.78, 5) is 26.5. The Morgan fingerprint density at radius 1 is 1.12 bits per heavy atom. The maximum atomic E-state index is 13.0. The Hall–Kier alpha value is -2.82. The van der Waals surface area contributed by atoms with Crippen molar-refractivity contribution in [3.63, 3.8) is 0 Å². The normalized spacial score (nSPS) is 17.0. The van der Waals surface area contributed by atoms with Crippen molar-refractivity contribution in [2.45, 2.75) is 38.7 Å². The molecule has 0 aromatic heterocycles. The quantitative estimate of drug-likeness (QED) is 0.924. The zero-order valence-corrected chi connectivity index (χ0v) is 14.8. The van der Waals surface area contributed by atoms with Gasteiger partial charge in [0.25, 0.3) is 5.91 Å². The molecule has 1 aliphatic carbocycles. The largest absolute Gasteiger partial charge is 0.481 e. The summed E-state index contributed by atoms with van der Waals surface area (Å²) in [7, 11) is 0. The van der Waals surface area contributed by atoms with E-state index >= 15 is 0 Å². The molecule has 1 aliphatic heterocycles. The summed E-state index contributed by atoms with van der Waals surface area (Å²) < 4.78 is 6.06. The van der Waals surface area contributed by atoms with Crippen LogP contribution >= 0.6 is 0 Å². The predicted octanol–water partition coefficient (Wildman–Crippen LogP) is 3.32. The van der Waals surface area contributed by atoms with Crippen molar-refractivity contribution >= 4 is 23.2 Å². The van der Waals surface area contributed by atoms with Gasteiger partial charge in [0, 0.05) is 0 Å². The zero-order valence-electron chi connectivity index (χ0n) is 14.8. The molecule has 26 heavy (non-hydrogen) atoms. The highest BCUT2D eigenvalue weighted by atomic mass is 16.5. The number of carbonyl (C=O) groups is 2. The molecule has 5 heteroatoms. The number of para-hydroxylation sites is 2. The fourth-order valence-electron chi connectivity index (χ4n) is 3.75. The molecule has 5 nitrogen and oxygen atoms in total. The van der Waals surface area contributed by atoms with Crippen molar-refractivity contribution in [1.82, 2.24) is 0 Å². The number of ether oxygens (including phenoxy) is 1. The Balaban J connectivity index is 1.57. The number of benzene rings is 2. The van der Waals surface area contributed by atoms with Gasteiger partial charge in [-0.3, -0.25) is 14.5 Å². The van der Waals surface area contributed by atoms with E-state index in [1.54, 1.807) is 13.0 Å². The lowest BCUT2D eigenvalue weighted by Crippen LogP contribution is -2.47. The minimum absolute atomic E-state index is 0.0104. The summed E-state index contributed by atoms with van der Waals surface area (Å²) >= 11 is 0. The molecule has 0 radical (unpaired) electrons. The number of rotatable bonds is 3. The SMILES string of the molecule is C[C@H](Oc1cccc2c1CCCC2)C(=O)N1CC(=O)Nc2ccccc21. The van der Waals surface area contributed by atoms with Crippen molar-refractivity contribution in [2.24, 2.45) is 0 Å². The summed E-state index contributed by atoms with van der Waals surface area (Å²) in [5.74, 6) is 0.389. The van der Waals surface area contributed by atoms with Gasteiger partial charge in [0.1, 0.15) is 12.3 Å². The van der Waals surface area contributed by atoms with Crippen LogP contribution in [0.5, 0.6) is 5.75 Å². The Kier molecular flexibility index (Phi) is 4.37. The molecule has 2 aromatic carbocycles. The van der Waals surface area contributed by atoms with Gasteiger partial charge in [-0.15, -0.1) is 0 Å². The first-order chi connectivity index (χ1) is 12.6. The topological polar surface area (TPSA) is 58.6 Å². The number of aryl methyl sites for hydroxylation is 1. The van der Waals surface area contributed by atoms with E-state index < -0.39 is 6.10 Å². The zero-order chi connectivity index (χ0) is 18.1. The number of anilines is 2. The van der Waals surface area contributed by atoms with Crippen molar-refractivity contribution < 1.29 is 14.3 Å². The van der Waals surface area contributed by atoms with Crippen molar-refractivity contribution in [2.75, 3.05) is 16.8 Å². The predicted molar refractivity (Wildman–Crippen MR) is 101 cm³/mol. The lowest BCUT2D eigenvalue weighted by atomic mass is 9.91. The van der Waals surface area contributed by atoms with Gasteiger partial charge in [-0.1, -0.05) is 24.3 Å². The molecule has 1 N–H and O–H groups in total. The number of nitrogens with one attached hydrogen (secondary N) is 1. The van der Waals surface area contributed by atoms with E-state index in [9.17, 15) is 9.59 Å². The molecule has 0 saturated heterocycles. The number of carbonyl (C=O) groups excluding carboxylic acids is 2. The third-order valence-corrected chi connectivity index (χ3v) is 5.04. The molecule has 1 atom stereocenters. The second-order valence-electron chi connectivity index (χ2n) is 6.85. The summed E-state index contributed by atoms with van der Waals surface area (Å²) in [6.45, 7) is 1.76. The van der Waals surface area contributed by atoms with E-state index in [-0.39, 0.29) is 18.4 Å². The van der Waals surface area contributed by atoms with Gasteiger partial charge in [0.15, 0.2) is 6.10 Å². The third kappa shape index (κ3) is 3.05. The Morgan fingerprint density at radius 3 is 2.81 bits per heavy atom. The average molecular weight is 350 g/mol. The number of nitrogens with zero attached hydrogens (tertiary/aromatic N) is 1. The van der Waals surface area contributed by atoms with E-state index in [1.807, 2.05) is 30.3 Å². The third-order valence-electron chi connectivity index (χ3n) is 5.04. The van der Waals surface area contributed by atoms with Crippen molar-refractivity contribution in [1.29, 1.82) is 0 Å². The lowest BCUT2D eigenvalue weighted by Gasteiger charge is -2.31. The van der Waals surface area contributed by atoms with Crippen LogP contribution in [0.3, 0.4) is 0 Å². The van der Waals surface area contributed by atoms with Crippen LogP contribution in [0.25, 0.3) is 0 Å². The summed E-state index contributed by atoms with van der Waals surface area (Å²) in [5.41, 5.74) is 3.90. The average Bonchev–Trinajstić information content (AvgIpc) is 2.67. The molecule has 0 bridgehead atoms. The summed E-state index contributed by atoms with van der Waals surface area (Å²) in [6, 6.07) is 13.4. The maximum Gasteiger partial charge on any atom is 0.268 e. The second kappa shape index (κ2) is 6.83. The molecular formula is C21H22N2O3. The molecule has 2 aromatic rings. The molecular weight excluding hydrogens is 328 g/mol. The fourth-order valence-corrected chi connectivity index (χ4v) is 3.75. The molecule has 0 saturated carbocycles. The highest BCUT2D eigenvalue weighted by molar-refractivity contribution is 6.10. The summed E-state index contributed by atoms with van der Waals surface area (Å²) in [5, 5.41) is 2.80. The highest BCUT2D eigenvalue weighted by Crippen LogP contribution is 2.32. The van der Waals surface area contributed by atoms with Gasteiger partial charge >= 0.3 is 0 Å². The van der Waals surface area contributed by atoms with E-state index in [0.717, 1.165) is 25.0 Å². The molecule has 2 amide bonds. The summed E-state index contributed by atoms with van der Waals surface area (Å²) in [6.07, 6.45) is 3.73. The first-order valence-electron chi connectivity index (χ1n) is 9.11. The molecule has 4 rings (SSSR count). The number of fused-ring (bicyclic) bond motifs is 2. The Morgan fingerprint density at radius 2 is 1.92 bits per heavy atom. The van der Waals surface area contributed by atoms with Crippen molar-refractivity contribution in [3.8, 4) is 5.75 Å². The lowest BCUT2D eigenvalue weighted by molar-refractivity contribution is -0.126. The van der Waals surface area contributed by atoms with Gasteiger partial charge in [0.05, 0.1) is 11.4 Å². The van der Waals surface area contributed by atoms with E-state index in [4.69, 9.17) is 4.74 Å². The minimum atomic E-state index is -0.664. The van der Waals surface area contributed by atoms with Gasteiger partial charge < -0.3 is 10.1 Å². The first-order valence-corrected chi connectivity index (χ1v) is 9.11. The van der Waals surface area contributed by atoms with Crippen LogP contribution in [0.4, 0.5) is 11.4 Å². The smallest absolute Gasteiger partial charge is 0.268 e. The molecule has 0 spiro atoms. The van der Waals surface area contributed by atoms with Gasteiger partial charge in [-0.05, 0) is 61.9 Å². The maximum absolute atomic E-state index is 13.0. The minimum Gasteiger partial charge on any atom is -0.481 e. The first kappa shape index (κ1) is 16.6. The van der Waals surface area contributed by atoms with Crippen LogP contribution < -0.4 is 15.0 Å². The highest BCUT2D eigenvalue weighted by Gasteiger charge is 2.31. The Bertz CT molecular complexity index is 862. The number of amides is 2. The van der Waals surface area contributed by atoms with Crippen LogP contribution in [0.2, 0.25) is 0 Å². The van der Waals surface area contributed by atoms with Crippen LogP contribution in [-0.4, -0.2) is 24.5 Å². The molecule has 1 heterocycles. The van der Waals surface area contributed by atoms with Crippen LogP contribution in [0.1, 0.15) is 30.9 Å².